The number of nitrogens with zero attached hydrogens (tertiary/aromatic N) is 4. The maximum absolute atomic E-state index is 12.1. The van der Waals surface area contributed by atoms with Gasteiger partial charge in [-0.25, -0.2) is 0 Å². The van der Waals surface area contributed by atoms with Gasteiger partial charge in [-0.2, -0.15) is 0 Å². The van der Waals surface area contributed by atoms with Crippen LogP contribution in [-0.2, 0) is 17.6 Å². The smallest absolute Gasteiger partial charge is 0.223 e. The molecular weight excluding hydrogens is 350 g/mol. The number of amides is 1. The van der Waals surface area contributed by atoms with Gasteiger partial charge in [0.25, 0.3) is 0 Å². The lowest BCUT2D eigenvalue weighted by molar-refractivity contribution is -0.127. The predicted molar refractivity (Wildman–Crippen MR) is 107 cm³/mol. The third kappa shape index (κ3) is 3.38. The average Bonchev–Trinajstić information content (AvgIpc) is 2.72. The number of carbonyl (C=O) groups is 1. The highest BCUT2D eigenvalue weighted by molar-refractivity contribution is 5.80. The van der Waals surface area contributed by atoms with Crippen LogP contribution < -0.4 is 5.73 Å². The van der Waals surface area contributed by atoms with Gasteiger partial charge in [-0.15, -0.1) is 10.2 Å². The summed E-state index contributed by atoms with van der Waals surface area (Å²) in [5, 5.41) is 9.07. The van der Waals surface area contributed by atoms with Crippen LogP contribution in [-0.4, -0.2) is 26.1 Å². The molecule has 142 valence electrons. The van der Waals surface area contributed by atoms with E-state index >= 15 is 0 Å². The number of fused-ring (bicyclic) bond motifs is 1. The van der Waals surface area contributed by atoms with Crippen molar-refractivity contribution in [2.75, 3.05) is 0 Å². The second kappa shape index (κ2) is 7.46. The zero-order valence-corrected chi connectivity index (χ0v) is 15.9. The van der Waals surface area contributed by atoms with Crippen LogP contribution in [0.5, 0.6) is 0 Å². The first-order valence-corrected chi connectivity index (χ1v) is 9.60. The number of aromatic nitrogens is 4. The van der Waals surface area contributed by atoms with Crippen molar-refractivity contribution in [3.05, 3.63) is 59.9 Å². The van der Waals surface area contributed by atoms with E-state index in [4.69, 9.17) is 5.73 Å². The molecule has 3 aromatic heterocycles. The normalized spacial score (nSPS) is 19.3. The number of rotatable bonds is 3. The molecule has 4 rings (SSSR count). The summed E-state index contributed by atoms with van der Waals surface area (Å²) in [5.74, 6) is -0.234. The molecule has 0 bridgehead atoms. The molecule has 1 unspecified atom stereocenters. The fourth-order valence-corrected chi connectivity index (χ4v) is 3.89. The van der Waals surface area contributed by atoms with Crippen LogP contribution >= 0.6 is 0 Å². The summed E-state index contributed by atoms with van der Waals surface area (Å²) < 4.78 is 0. The highest BCUT2D eigenvalue weighted by Gasteiger charge is 2.33. The first-order chi connectivity index (χ1) is 13.6. The second-order valence-corrected chi connectivity index (χ2v) is 7.56. The fourth-order valence-electron chi connectivity index (χ4n) is 3.89. The summed E-state index contributed by atoms with van der Waals surface area (Å²) in [6.45, 7) is 1.97. The van der Waals surface area contributed by atoms with E-state index < -0.39 is 5.41 Å². The Morgan fingerprint density at radius 3 is 1.96 bits per heavy atom. The first kappa shape index (κ1) is 18.2. The highest BCUT2D eigenvalue weighted by atomic mass is 16.1. The fraction of sp³-hybridized carbons (Fsp3) is 0.318. The Morgan fingerprint density at radius 2 is 1.46 bits per heavy atom. The SMILES string of the molecule is CC1(C(N)=O)CCCc2c(-c3ccccn3)nnc(-c3ccccn3)c2CC1. The standard InChI is InChI=1S/C22H23N5O/c1-22(21(23)28)11-6-7-15-16(10-12-22)20(18-9-3-5-14-25-18)27-26-19(15)17-8-2-4-13-24-17/h2-5,8-9,13-14H,6-7,10-12H2,1H3,(H2,23,28). The van der Waals surface area contributed by atoms with E-state index in [1.165, 1.54) is 0 Å². The number of hydrogen-bond donors (Lipinski definition) is 1. The van der Waals surface area contributed by atoms with Crippen LogP contribution in [0, 0.1) is 5.41 Å². The van der Waals surface area contributed by atoms with Gasteiger partial charge in [0.2, 0.25) is 5.91 Å². The zero-order chi connectivity index (χ0) is 19.6. The minimum Gasteiger partial charge on any atom is -0.369 e. The Kier molecular flexibility index (Phi) is 4.86. The molecule has 0 radical (unpaired) electrons. The molecule has 0 aliphatic heterocycles. The molecule has 3 aromatic rings. The van der Waals surface area contributed by atoms with Gasteiger partial charge >= 0.3 is 0 Å². The molecule has 6 heteroatoms. The lowest BCUT2D eigenvalue weighted by Gasteiger charge is -2.30. The molecule has 1 amide bonds. The monoisotopic (exact) mass is 373 g/mol. The number of pyridine rings is 2. The van der Waals surface area contributed by atoms with E-state index in [2.05, 4.69) is 20.2 Å². The summed E-state index contributed by atoms with van der Waals surface area (Å²) >= 11 is 0. The zero-order valence-electron chi connectivity index (χ0n) is 15.9. The van der Waals surface area contributed by atoms with E-state index in [9.17, 15) is 4.79 Å². The van der Waals surface area contributed by atoms with Crippen LogP contribution in [0.2, 0.25) is 0 Å². The molecule has 3 heterocycles. The molecule has 0 saturated heterocycles. The second-order valence-electron chi connectivity index (χ2n) is 7.56. The van der Waals surface area contributed by atoms with Gasteiger partial charge in [0.05, 0.1) is 11.4 Å². The van der Waals surface area contributed by atoms with Crippen molar-refractivity contribution in [3.8, 4) is 22.8 Å². The molecule has 28 heavy (non-hydrogen) atoms. The summed E-state index contributed by atoms with van der Waals surface area (Å²) in [6.07, 6.45) is 7.35. The first-order valence-electron chi connectivity index (χ1n) is 9.60. The van der Waals surface area contributed by atoms with Gasteiger partial charge in [-0.1, -0.05) is 19.1 Å². The van der Waals surface area contributed by atoms with Crippen LogP contribution in [0.15, 0.2) is 48.8 Å². The van der Waals surface area contributed by atoms with Crippen LogP contribution in [0.25, 0.3) is 22.8 Å². The van der Waals surface area contributed by atoms with Gasteiger partial charge < -0.3 is 5.73 Å². The molecule has 0 fully saturated rings. The van der Waals surface area contributed by atoms with E-state index in [-0.39, 0.29) is 5.91 Å². The Morgan fingerprint density at radius 1 is 0.893 bits per heavy atom. The maximum atomic E-state index is 12.1. The topological polar surface area (TPSA) is 94.7 Å². The third-order valence-corrected chi connectivity index (χ3v) is 5.68. The van der Waals surface area contributed by atoms with Crippen molar-refractivity contribution in [3.63, 3.8) is 0 Å². The quantitative estimate of drug-likeness (QED) is 0.759. The number of nitrogens with two attached hydrogens (primary N) is 1. The minimum absolute atomic E-state index is 0.234. The lowest BCUT2D eigenvalue weighted by atomic mass is 9.75. The van der Waals surface area contributed by atoms with Crippen molar-refractivity contribution in [2.45, 2.75) is 39.0 Å². The molecule has 1 aliphatic carbocycles. The largest absolute Gasteiger partial charge is 0.369 e. The minimum atomic E-state index is -0.506. The molecule has 6 nitrogen and oxygen atoms in total. The molecule has 2 N–H and O–H groups in total. The molecular formula is C22H23N5O. The van der Waals surface area contributed by atoms with E-state index in [0.717, 1.165) is 53.2 Å². The Labute approximate surface area is 164 Å². The van der Waals surface area contributed by atoms with Gasteiger partial charge in [0, 0.05) is 17.8 Å². The maximum Gasteiger partial charge on any atom is 0.223 e. The van der Waals surface area contributed by atoms with E-state index in [1.54, 1.807) is 12.4 Å². The predicted octanol–water partition coefficient (Wildman–Crippen LogP) is 3.36. The van der Waals surface area contributed by atoms with Gasteiger partial charge in [-0.05, 0) is 67.5 Å². The van der Waals surface area contributed by atoms with Gasteiger partial charge in [0.1, 0.15) is 11.4 Å². The van der Waals surface area contributed by atoms with Gasteiger partial charge in [0.15, 0.2) is 0 Å². The Bertz CT molecular complexity index is 991. The van der Waals surface area contributed by atoms with Crippen molar-refractivity contribution >= 4 is 5.91 Å². The number of carbonyl (C=O) groups excluding carboxylic acids is 1. The summed E-state index contributed by atoms with van der Waals surface area (Å²) in [5.41, 5.74) is 10.7. The highest BCUT2D eigenvalue weighted by Crippen LogP contribution is 2.38. The average molecular weight is 373 g/mol. The van der Waals surface area contributed by atoms with Gasteiger partial charge in [-0.3, -0.25) is 14.8 Å². The lowest BCUT2D eigenvalue weighted by Crippen LogP contribution is -2.36. The van der Waals surface area contributed by atoms with Crippen molar-refractivity contribution in [1.82, 2.24) is 20.2 Å². The van der Waals surface area contributed by atoms with Crippen molar-refractivity contribution < 1.29 is 4.79 Å². The molecule has 1 atom stereocenters. The molecule has 0 spiro atoms. The van der Waals surface area contributed by atoms with Crippen LogP contribution in [0.4, 0.5) is 0 Å². The summed E-state index contributed by atoms with van der Waals surface area (Å²) in [7, 11) is 0. The third-order valence-electron chi connectivity index (χ3n) is 5.68. The number of hydrogen-bond acceptors (Lipinski definition) is 5. The summed E-state index contributed by atoms with van der Waals surface area (Å²) in [4.78, 5) is 21.0. The van der Waals surface area contributed by atoms with E-state index in [1.807, 2.05) is 43.3 Å². The summed E-state index contributed by atoms with van der Waals surface area (Å²) in [6, 6.07) is 11.6. The molecule has 1 aliphatic rings. The van der Waals surface area contributed by atoms with Crippen LogP contribution in [0.1, 0.15) is 37.3 Å². The Hall–Kier alpha value is -3.15. The molecule has 0 aromatic carbocycles. The van der Waals surface area contributed by atoms with Crippen molar-refractivity contribution in [2.24, 2.45) is 11.1 Å². The van der Waals surface area contributed by atoms with Crippen LogP contribution in [0.3, 0.4) is 0 Å². The Balaban J connectivity index is 1.87. The molecule has 0 saturated carbocycles. The van der Waals surface area contributed by atoms with Crippen molar-refractivity contribution in [1.29, 1.82) is 0 Å². The van der Waals surface area contributed by atoms with E-state index in [0.29, 0.717) is 12.8 Å². The number of primary amides is 1.